The van der Waals surface area contributed by atoms with Gasteiger partial charge < -0.3 is 15.0 Å². The van der Waals surface area contributed by atoms with Gasteiger partial charge in [-0.3, -0.25) is 13.8 Å². The van der Waals surface area contributed by atoms with E-state index >= 15 is 0 Å². The lowest BCUT2D eigenvalue weighted by Gasteiger charge is -2.08. The molecule has 1 rings (SSSR count). The summed E-state index contributed by atoms with van der Waals surface area (Å²) in [6.45, 7) is 6.20. The van der Waals surface area contributed by atoms with Gasteiger partial charge in [0.2, 0.25) is 11.3 Å². The standard InChI is InChI=1S/C15H24N2O4S/c1-4-6-21-14-9-16-12(8-13(14)18)10-22(20)7-5-15(19)17-11(2)3/h8-9,11H,4-7,10H2,1-3H3,(H,16,18)(H,17,19). The van der Waals surface area contributed by atoms with Crippen molar-refractivity contribution in [1.29, 1.82) is 0 Å². The van der Waals surface area contributed by atoms with Crippen molar-refractivity contribution in [1.82, 2.24) is 10.3 Å². The first-order valence-corrected chi connectivity index (χ1v) is 8.90. The molecule has 1 unspecified atom stereocenters. The van der Waals surface area contributed by atoms with E-state index in [1.165, 1.54) is 12.3 Å². The lowest BCUT2D eigenvalue weighted by atomic mass is 10.3. The third kappa shape index (κ3) is 6.89. The van der Waals surface area contributed by atoms with E-state index in [1.54, 1.807) is 0 Å². The highest BCUT2D eigenvalue weighted by atomic mass is 32.2. The molecular weight excluding hydrogens is 304 g/mol. The zero-order chi connectivity index (χ0) is 16.5. The van der Waals surface area contributed by atoms with E-state index in [4.69, 9.17) is 4.74 Å². The van der Waals surface area contributed by atoms with Crippen LogP contribution < -0.4 is 15.5 Å². The number of carbonyl (C=O) groups is 1. The van der Waals surface area contributed by atoms with Crippen LogP contribution in [0.25, 0.3) is 0 Å². The minimum absolute atomic E-state index is 0.0768. The molecule has 1 aromatic rings. The molecule has 1 aromatic heterocycles. The van der Waals surface area contributed by atoms with Crippen LogP contribution in [0.4, 0.5) is 0 Å². The average Bonchev–Trinajstić information content (AvgIpc) is 2.43. The van der Waals surface area contributed by atoms with Crippen LogP contribution in [0.5, 0.6) is 5.75 Å². The summed E-state index contributed by atoms with van der Waals surface area (Å²) in [7, 11) is -1.20. The van der Waals surface area contributed by atoms with Crippen LogP contribution in [-0.2, 0) is 21.3 Å². The van der Waals surface area contributed by atoms with E-state index in [1.807, 2.05) is 20.8 Å². The topological polar surface area (TPSA) is 88.3 Å². The number of ether oxygens (including phenoxy) is 1. The van der Waals surface area contributed by atoms with E-state index in [0.29, 0.717) is 12.3 Å². The van der Waals surface area contributed by atoms with Gasteiger partial charge in [0.25, 0.3) is 0 Å². The van der Waals surface area contributed by atoms with Crippen molar-refractivity contribution in [2.75, 3.05) is 12.4 Å². The lowest BCUT2D eigenvalue weighted by Crippen LogP contribution is -2.31. The zero-order valence-corrected chi connectivity index (χ0v) is 14.1. The molecule has 22 heavy (non-hydrogen) atoms. The monoisotopic (exact) mass is 328 g/mol. The van der Waals surface area contributed by atoms with Crippen molar-refractivity contribution in [2.45, 2.75) is 45.4 Å². The highest BCUT2D eigenvalue weighted by Crippen LogP contribution is 2.05. The fourth-order valence-corrected chi connectivity index (χ4v) is 2.83. The summed E-state index contributed by atoms with van der Waals surface area (Å²) in [5.74, 6) is 0.653. The Labute approximate surface area is 133 Å². The van der Waals surface area contributed by atoms with Gasteiger partial charge in [-0.15, -0.1) is 0 Å². The molecule has 1 amide bonds. The molecule has 0 aliphatic carbocycles. The Morgan fingerprint density at radius 2 is 2.18 bits per heavy atom. The number of H-pyrrole nitrogens is 1. The summed E-state index contributed by atoms with van der Waals surface area (Å²) in [4.78, 5) is 26.2. The van der Waals surface area contributed by atoms with Gasteiger partial charge in [0.15, 0.2) is 5.75 Å². The molecule has 0 radical (unpaired) electrons. The maximum atomic E-state index is 11.9. The molecule has 0 bridgehead atoms. The molecule has 6 nitrogen and oxygen atoms in total. The fraction of sp³-hybridized carbons (Fsp3) is 0.600. The molecule has 2 N–H and O–H groups in total. The molecule has 7 heteroatoms. The van der Waals surface area contributed by atoms with Crippen LogP contribution in [0, 0.1) is 0 Å². The number of amides is 1. The number of hydrogen-bond donors (Lipinski definition) is 2. The van der Waals surface area contributed by atoms with Gasteiger partial charge in [-0.25, -0.2) is 0 Å². The molecule has 0 aliphatic heterocycles. The van der Waals surface area contributed by atoms with E-state index < -0.39 is 10.8 Å². The predicted molar refractivity (Wildman–Crippen MR) is 87.5 cm³/mol. The minimum Gasteiger partial charge on any atom is -0.488 e. The molecule has 0 fully saturated rings. The van der Waals surface area contributed by atoms with E-state index in [9.17, 15) is 13.8 Å². The Balaban J connectivity index is 2.49. The third-order valence-electron chi connectivity index (χ3n) is 2.72. The summed E-state index contributed by atoms with van der Waals surface area (Å²) in [5, 5.41) is 2.75. The van der Waals surface area contributed by atoms with E-state index in [2.05, 4.69) is 10.3 Å². The highest BCUT2D eigenvalue weighted by Gasteiger charge is 2.09. The van der Waals surface area contributed by atoms with Crippen LogP contribution >= 0.6 is 0 Å². The summed E-state index contributed by atoms with van der Waals surface area (Å²) in [6.07, 6.45) is 2.53. The highest BCUT2D eigenvalue weighted by molar-refractivity contribution is 7.84. The van der Waals surface area contributed by atoms with Crippen molar-refractivity contribution >= 4 is 16.7 Å². The number of hydrogen-bond acceptors (Lipinski definition) is 4. The minimum atomic E-state index is -1.20. The molecule has 124 valence electrons. The second-order valence-corrected chi connectivity index (χ2v) is 6.87. The Morgan fingerprint density at radius 3 is 2.77 bits per heavy atom. The van der Waals surface area contributed by atoms with Gasteiger partial charge in [-0.2, -0.15) is 0 Å². The van der Waals surface area contributed by atoms with Crippen molar-refractivity contribution in [3.63, 3.8) is 0 Å². The fourth-order valence-electron chi connectivity index (χ4n) is 1.75. The Kier molecular flexibility index (Phi) is 7.87. The first kappa shape index (κ1) is 18.4. The number of nitrogens with one attached hydrogen (secondary N) is 2. The average molecular weight is 328 g/mol. The summed E-state index contributed by atoms with van der Waals surface area (Å²) in [5.41, 5.74) is 0.355. The zero-order valence-electron chi connectivity index (χ0n) is 13.3. The summed E-state index contributed by atoms with van der Waals surface area (Å²) < 4.78 is 17.2. The number of carbonyl (C=O) groups excluding carboxylic acids is 1. The van der Waals surface area contributed by atoms with Crippen molar-refractivity contribution < 1.29 is 13.7 Å². The molecule has 0 saturated carbocycles. The number of pyridine rings is 1. The van der Waals surface area contributed by atoms with Crippen molar-refractivity contribution in [3.05, 3.63) is 28.2 Å². The van der Waals surface area contributed by atoms with Crippen LogP contribution in [-0.4, -0.2) is 33.5 Å². The molecule has 0 saturated heterocycles. The SMILES string of the molecule is CCCOc1c[nH]c(CS(=O)CCC(=O)NC(C)C)cc1=O. The largest absolute Gasteiger partial charge is 0.488 e. The Morgan fingerprint density at radius 1 is 1.45 bits per heavy atom. The van der Waals surface area contributed by atoms with Gasteiger partial charge in [-0.05, 0) is 20.3 Å². The molecule has 0 spiro atoms. The molecular formula is C15H24N2O4S. The Hall–Kier alpha value is -1.63. The van der Waals surface area contributed by atoms with Crippen molar-refractivity contribution in [3.8, 4) is 5.75 Å². The lowest BCUT2D eigenvalue weighted by molar-refractivity contribution is -0.121. The second kappa shape index (κ2) is 9.40. The quantitative estimate of drug-likeness (QED) is 0.716. The second-order valence-electron chi connectivity index (χ2n) is 5.30. The number of rotatable bonds is 9. The Bertz CT molecular complexity index is 569. The van der Waals surface area contributed by atoms with Crippen LogP contribution in [0.2, 0.25) is 0 Å². The molecule has 0 aromatic carbocycles. The molecule has 0 aliphatic rings. The predicted octanol–water partition coefficient (Wildman–Crippen LogP) is 1.33. The van der Waals surface area contributed by atoms with Gasteiger partial charge in [0.05, 0.1) is 12.4 Å². The summed E-state index contributed by atoms with van der Waals surface area (Å²) in [6, 6.07) is 1.48. The normalized spacial score (nSPS) is 12.2. The van der Waals surface area contributed by atoms with E-state index in [0.717, 1.165) is 6.42 Å². The van der Waals surface area contributed by atoms with Crippen LogP contribution in [0.15, 0.2) is 17.1 Å². The summed E-state index contributed by atoms with van der Waals surface area (Å²) >= 11 is 0. The van der Waals surface area contributed by atoms with Gasteiger partial charge in [-0.1, -0.05) is 6.92 Å². The van der Waals surface area contributed by atoms with Crippen LogP contribution in [0.3, 0.4) is 0 Å². The maximum Gasteiger partial charge on any atom is 0.223 e. The molecule has 1 atom stereocenters. The van der Waals surface area contributed by atoms with Gasteiger partial charge >= 0.3 is 0 Å². The first-order valence-electron chi connectivity index (χ1n) is 7.41. The first-order chi connectivity index (χ1) is 10.4. The van der Waals surface area contributed by atoms with Gasteiger partial charge in [0, 0.05) is 47.0 Å². The van der Waals surface area contributed by atoms with Crippen molar-refractivity contribution in [2.24, 2.45) is 0 Å². The van der Waals surface area contributed by atoms with Crippen LogP contribution in [0.1, 0.15) is 39.3 Å². The smallest absolute Gasteiger partial charge is 0.223 e. The molecule has 1 heterocycles. The third-order valence-corrected chi connectivity index (χ3v) is 4.01. The van der Waals surface area contributed by atoms with Gasteiger partial charge in [0.1, 0.15) is 0 Å². The number of aromatic amines is 1. The maximum absolute atomic E-state index is 11.9. The van der Waals surface area contributed by atoms with E-state index in [-0.39, 0.29) is 41.1 Å². The number of aromatic nitrogens is 1.